The van der Waals surface area contributed by atoms with Gasteiger partial charge in [0.2, 0.25) is 0 Å². The molecule has 0 radical (unpaired) electrons. The number of alkyl halides is 1. The smallest absolute Gasteiger partial charge is 0.194 e. The number of aryl methyl sites for hydroxylation is 1. The van der Waals surface area contributed by atoms with E-state index in [0.29, 0.717) is 5.56 Å². The molecule has 2 heteroatoms. The average molecular weight is 152 g/mol. The van der Waals surface area contributed by atoms with Crippen molar-refractivity contribution in [1.29, 1.82) is 0 Å². The van der Waals surface area contributed by atoms with Crippen LogP contribution in [0.5, 0.6) is 0 Å². The van der Waals surface area contributed by atoms with Gasteiger partial charge in [0.05, 0.1) is 0 Å². The SMILES string of the molecule is Cc1ccccc1C(=O)CF. The minimum atomic E-state index is -0.912. The maximum Gasteiger partial charge on any atom is 0.194 e. The lowest BCUT2D eigenvalue weighted by Crippen LogP contribution is -2.02. The van der Waals surface area contributed by atoms with Gasteiger partial charge in [-0.05, 0) is 12.5 Å². The summed E-state index contributed by atoms with van der Waals surface area (Å²) in [5.41, 5.74) is 1.31. The normalized spacial score (nSPS) is 9.64. The third-order valence-electron chi connectivity index (χ3n) is 1.57. The molecule has 1 aromatic rings. The summed E-state index contributed by atoms with van der Waals surface area (Å²) in [6, 6.07) is 6.99. The minimum Gasteiger partial charge on any atom is -0.291 e. The van der Waals surface area contributed by atoms with Gasteiger partial charge in [0.25, 0.3) is 0 Å². The summed E-state index contributed by atoms with van der Waals surface area (Å²) < 4.78 is 11.9. The van der Waals surface area contributed by atoms with Crippen LogP contribution in [-0.4, -0.2) is 12.5 Å². The number of rotatable bonds is 2. The lowest BCUT2D eigenvalue weighted by Gasteiger charge is -1.99. The van der Waals surface area contributed by atoms with Crippen molar-refractivity contribution in [2.45, 2.75) is 6.92 Å². The van der Waals surface area contributed by atoms with E-state index >= 15 is 0 Å². The number of halogens is 1. The van der Waals surface area contributed by atoms with Crippen LogP contribution >= 0.6 is 0 Å². The number of carbonyl (C=O) groups is 1. The molecule has 0 fully saturated rings. The van der Waals surface area contributed by atoms with Gasteiger partial charge in [0.15, 0.2) is 12.5 Å². The van der Waals surface area contributed by atoms with Crippen molar-refractivity contribution >= 4 is 5.78 Å². The molecule has 0 aliphatic heterocycles. The molecule has 0 heterocycles. The lowest BCUT2D eigenvalue weighted by atomic mass is 10.1. The van der Waals surface area contributed by atoms with Crippen molar-refractivity contribution in [2.24, 2.45) is 0 Å². The van der Waals surface area contributed by atoms with Crippen molar-refractivity contribution in [3.8, 4) is 0 Å². The molecule has 0 spiro atoms. The molecule has 0 bridgehead atoms. The average Bonchev–Trinajstić information content (AvgIpc) is 2.04. The highest BCUT2D eigenvalue weighted by atomic mass is 19.1. The molecule has 1 nitrogen and oxygen atoms in total. The maximum atomic E-state index is 11.9. The van der Waals surface area contributed by atoms with E-state index in [-0.39, 0.29) is 0 Å². The second kappa shape index (κ2) is 3.28. The first-order valence-electron chi connectivity index (χ1n) is 3.40. The van der Waals surface area contributed by atoms with Gasteiger partial charge >= 0.3 is 0 Å². The van der Waals surface area contributed by atoms with Crippen LogP contribution in [0.3, 0.4) is 0 Å². The molecule has 0 saturated carbocycles. The second-order valence-corrected chi connectivity index (χ2v) is 2.37. The monoisotopic (exact) mass is 152 g/mol. The molecule has 0 N–H and O–H groups in total. The molecule has 11 heavy (non-hydrogen) atoms. The van der Waals surface area contributed by atoms with Crippen molar-refractivity contribution in [2.75, 3.05) is 6.67 Å². The van der Waals surface area contributed by atoms with Crippen molar-refractivity contribution < 1.29 is 9.18 Å². The third-order valence-corrected chi connectivity index (χ3v) is 1.57. The maximum absolute atomic E-state index is 11.9. The highest BCUT2D eigenvalue weighted by molar-refractivity contribution is 5.98. The summed E-state index contributed by atoms with van der Waals surface area (Å²) in [5.74, 6) is -0.442. The first kappa shape index (κ1) is 7.92. The number of ketones is 1. The van der Waals surface area contributed by atoms with E-state index in [9.17, 15) is 9.18 Å². The highest BCUT2D eigenvalue weighted by Gasteiger charge is 2.05. The molecule has 1 aromatic carbocycles. The van der Waals surface area contributed by atoms with Gasteiger partial charge in [0.1, 0.15) is 0 Å². The van der Waals surface area contributed by atoms with Gasteiger partial charge in [-0.15, -0.1) is 0 Å². The van der Waals surface area contributed by atoms with Crippen LogP contribution in [0, 0.1) is 6.92 Å². The summed E-state index contributed by atoms with van der Waals surface area (Å²) in [5, 5.41) is 0. The molecule has 0 unspecified atom stereocenters. The van der Waals surface area contributed by atoms with Crippen LogP contribution in [0.2, 0.25) is 0 Å². The summed E-state index contributed by atoms with van der Waals surface area (Å²) in [6.07, 6.45) is 0. The van der Waals surface area contributed by atoms with E-state index in [2.05, 4.69) is 0 Å². The summed E-state index contributed by atoms with van der Waals surface area (Å²) in [6.45, 7) is 0.883. The molecule has 0 aromatic heterocycles. The predicted octanol–water partition coefficient (Wildman–Crippen LogP) is 2.15. The molecule has 0 aliphatic carbocycles. The van der Waals surface area contributed by atoms with E-state index in [1.54, 1.807) is 25.1 Å². The number of hydrogen-bond donors (Lipinski definition) is 0. The highest BCUT2D eigenvalue weighted by Crippen LogP contribution is 2.07. The summed E-state index contributed by atoms with van der Waals surface area (Å²) >= 11 is 0. The zero-order chi connectivity index (χ0) is 8.27. The molecule has 0 amide bonds. The Hall–Kier alpha value is -1.18. The van der Waals surface area contributed by atoms with E-state index in [4.69, 9.17) is 0 Å². The number of carbonyl (C=O) groups excluding carboxylic acids is 1. The van der Waals surface area contributed by atoms with Crippen LogP contribution in [0.4, 0.5) is 4.39 Å². The van der Waals surface area contributed by atoms with Gasteiger partial charge < -0.3 is 0 Å². The van der Waals surface area contributed by atoms with E-state index in [1.807, 2.05) is 6.07 Å². The first-order valence-corrected chi connectivity index (χ1v) is 3.40. The fourth-order valence-electron chi connectivity index (χ4n) is 0.958. The standard InChI is InChI=1S/C9H9FO/c1-7-4-2-3-5-8(7)9(11)6-10/h2-5H,6H2,1H3. The zero-order valence-electron chi connectivity index (χ0n) is 6.30. The fraction of sp³-hybridized carbons (Fsp3) is 0.222. The van der Waals surface area contributed by atoms with Gasteiger partial charge in [-0.2, -0.15) is 0 Å². The number of hydrogen-bond acceptors (Lipinski definition) is 1. The molecular formula is C9H9FO. The number of benzene rings is 1. The van der Waals surface area contributed by atoms with Gasteiger partial charge in [-0.1, -0.05) is 24.3 Å². The van der Waals surface area contributed by atoms with Gasteiger partial charge in [0, 0.05) is 5.56 Å². The van der Waals surface area contributed by atoms with Crippen molar-refractivity contribution in [3.05, 3.63) is 35.4 Å². The Morgan fingerprint density at radius 1 is 1.45 bits per heavy atom. The van der Waals surface area contributed by atoms with Gasteiger partial charge in [-0.25, -0.2) is 4.39 Å². The zero-order valence-corrected chi connectivity index (χ0v) is 6.30. The third kappa shape index (κ3) is 1.64. The Bertz CT molecular complexity index is 268. The van der Waals surface area contributed by atoms with Crippen LogP contribution < -0.4 is 0 Å². The number of Topliss-reactive ketones (excluding diaryl/α,β-unsaturated/α-hetero) is 1. The van der Waals surface area contributed by atoms with Crippen LogP contribution in [0.15, 0.2) is 24.3 Å². The van der Waals surface area contributed by atoms with Crippen molar-refractivity contribution in [3.63, 3.8) is 0 Å². The Labute approximate surface area is 64.9 Å². The fourth-order valence-corrected chi connectivity index (χ4v) is 0.958. The second-order valence-electron chi connectivity index (χ2n) is 2.37. The minimum absolute atomic E-state index is 0.442. The van der Waals surface area contributed by atoms with E-state index in [0.717, 1.165) is 5.56 Å². The van der Waals surface area contributed by atoms with E-state index in [1.165, 1.54) is 0 Å². The Morgan fingerprint density at radius 2 is 2.09 bits per heavy atom. The predicted molar refractivity (Wildman–Crippen MR) is 41.5 cm³/mol. The van der Waals surface area contributed by atoms with Crippen LogP contribution in [0.1, 0.15) is 15.9 Å². The van der Waals surface area contributed by atoms with Crippen LogP contribution in [0.25, 0.3) is 0 Å². The quantitative estimate of drug-likeness (QED) is 0.593. The lowest BCUT2D eigenvalue weighted by molar-refractivity contribution is 0.0958. The first-order chi connectivity index (χ1) is 5.25. The molecule has 58 valence electrons. The summed E-state index contributed by atoms with van der Waals surface area (Å²) in [4.78, 5) is 10.9. The molecule has 1 rings (SSSR count). The Kier molecular flexibility index (Phi) is 2.36. The van der Waals surface area contributed by atoms with E-state index < -0.39 is 12.5 Å². The molecule has 0 atom stereocenters. The molecule has 0 aliphatic rings. The van der Waals surface area contributed by atoms with Crippen molar-refractivity contribution in [1.82, 2.24) is 0 Å². The Morgan fingerprint density at radius 3 is 2.64 bits per heavy atom. The topological polar surface area (TPSA) is 17.1 Å². The van der Waals surface area contributed by atoms with Crippen LogP contribution in [-0.2, 0) is 0 Å². The molecular weight excluding hydrogens is 143 g/mol. The summed E-state index contributed by atoms with van der Waals surface area (Å²) in [7, 11) is 0. The largest absolute Gasteiger partial charge is 0.291 e. The van der Waals surface area contributed by atoms with Gasteiger partial charge in [-0.3, -0.25) is 4.79 Å². The Balaban J connectivity index is 3.03. The molecule has 0 saturated heterocycles.